The summed E-state index contributed by atoms with van der Waals surface area (Å²) in [5, 5.41) is 6.73. The van der Waals surface area contributed by atoms with Gasteiger partial charge in [-0.2, -0.15) is 0 Å². The number of fused-ring (bicyclic) bond motifs is 2. The number of benzene rings is 1. The molecule has 2 N–H and O–H groups in total. The molecule has 1 aromatic carbocycles. The molecule has 1 aromatic rings. The first kappa shape index (κ1) is 12.7. The van der Waals surface area contributed by atoms with E-state index in [1.807, 2.05) is 31.2 Å². The van der Waals surface area contributed by atoms with Crippen LogP contribution in [0.2, 0.25) is 0 Å². The van der Waals surface area contributed by atoms with Crippen LogP contribution < -0.4 is 10.6 Å². The maximum atomic E-state index is 12.1. The van der Waals surface area contributed by atoms with Crippen LogP contribution in [0.4, 0.5) is 0 Å². The van der Waals surface area contributed by atoms with E-state index in [9.17, 15) is 4.79 Å². The molecule has 102 valence electrons. The Morgan fingerprint density at radius 1 is 1.32 bits per heavy atom. The Kier molecular flexibility index (Phi) is 3.56. The predicted molar refractivity (Wildman–Crippen MR) is 76.2 cm³/mol. The summed E-state index contributed by atoms with van der Waals surface area (Å²) in [6.45, 7) is 2.84. The summed E-state index contributed by atoms with van der Waals surface area (Å²) >= 11 is 0. The van der Waals surface area contributed by atoms with Crippen molar-refractivity contribution in [2.75, 3.05) is 6.54 Å². The monoisotopic (exact) mass is 258 g/mol. The molecule has 2 aliphatic heterocycles. The van der Waals surface area contributed by atoms with Gasteiger partial charge in [-0.05, 0) is 50.7 Å². The third-order valence-corrected chi connectivity index (χ3v) is 4.40. The molecular weight excluding hydrogens is 236 g/mol. The molecule has 3 heteroatoms. The Balaban J connectivity index is 1.53. The predicted octanol–water partition coefficient (Wildman–Crippen LogP) is 2.26. The summed E-state index contributed by atoms with van der Waals surface area (Å²) in [5.74, 6) is 0.710. The number of hydrogen-bond donors (Lipinski definition) is 2. The normalized spacial score (nSPS) is 29.2. The molecule has 2 aliphatic rings. The van der Waals surface area contributed by atoms with Crippen LogP contribution in [0.25, 0.3) is 0 Å². The van der Waals surface area contributed by atoms with Crippen molar-refractivity contribution in [3.8, 4) is 0 Å². The highest BCUT2D eigenvalue weighted by atomic mass is 16.1. The van der Waals surface area contributed by atoms with Gasteiger partial charge in [0.2, 0.25) is 0 Å². The molecule has 2 fully saturated rings. The van der Waals surface area contributed by atoms with E-state index in [1.165, 1.54) is 25.7 Å². The third-order valence-electron chi connectivity index (χ3n) is 4.40. The number of piperidine rings is 1. The van der Waals surface area contributed by atoms with Crippen LogP contribution in [0, 0.1) is 12.8 Å². The molecule has 0 saturated carbocycles. The van der Waals surface area contributed by atoms with Gasteiger partial charge in [0.05, 0.1) is 0 Å². The molecule has 1 amide bonds. The third kappa shape index (κ3) is 2.98. The van der Waals surface area contributed by atoms with Crippen molar-refractivity contribution in [2.24, 2.45) is 5.92 Å². The number of carbonyl (C=O) groups is 1. The Morgan fingerprint density at radius 3 is 2.74 bits per heavy atom. The van der Waals surface area contributed by atoms with E-state index in [4.69, 9.17) is 0 Å². The number of amides is 1. The first-order valence-electron chi connectivity index (χ1n) is 7.31. The van der Waals surface area contributed by atoms with Crippen molar-refractivity contribution < 1.29 is 4.79 Å². The van der Waals surface area contributed by atoms with Crippen molar-refractivity contribution in [1.82, 2.24) is 10.6 Å². The van der Waals surface area contributed by atoms with E-state index in [0.717, 1.165) is 17.7 Å². The van der Waals surface area contributed by atoms with Gasteiger partial charge in [0.1, 0.15) is 0 Å². The van der Waals surface area contributed by atoms with E-state index in [0.29, 0.717) is 18.0 Å². The zero-order chi connectivity index (χ0) is 13.2. The minimum Gasteiger partial charge on any atom is -0.352 e. The number of aryl methyl sites for hydroxylation is 1. The molecule has 19 heavy (non-hydrogen) atoms. The Morgan fingerprint density at radius 2 is 2.05 bits per heavy atom. The first-order chi connectivity index (χ1) is 9.20. The molecule has 2 saturated heterocycles. The lowest BCUT2D eigenvalue weighted by Crippen LogP contribution is -2.42. The molecule has 0 aliphatic carbocycles. The molecule has 2 atom stereocenters. The highest BCUT2D eigenvalue weighted by Gasteiger charge is 2.33. The smallest absolute Gasteiger partial charge is 0.251 e. The summed E-state index contributed by atoms with van der Waals surface area (Å²) in [4.78, 5) is 12.1. The number of hydrogen-bond acceptors (Lipinski definition) is 2. The number of carbonyl (C=O) groups excluding carboxylic acids is 1. The fourth-order valence-electron chi connectivity index (χ4n) is 3.47. The molecule has 0 spiro atoms. The summed E-state index contributed by atoms with van der Waals surface area (Å²) in [7, 11) is 0. The Hall–Kier alpha value is -1.35. The van der Waals surface area contributed by atoms with Crippen LogP contribution in [-0.2, 0) is 0 Å². The van der Waals surface area contributed by atoms with Crippen LogP contribution in [-0.4, -0.2) is 24.5 Å². The summed E-state index contributed by atoms with van der Waals surface area (Å²) in [5.41, 5.74) is 1.91. The molecule has 3 nitrogen and oxygen atoms in total. The SMILES string of the molecule is Cc1cccc(C(=O)NCC2CC3CCC(C2)N3)c1. The average molecular weight is 258 g/mol. The van der Waals surface area contributed by atoms with Crippen LogP contribution in [0.1, 0.15) is 41.6 Å². The largest absolute Gasteiger partial charge is 0.352 e. The van der Waals surface area contributed by atoms with Crippen molar-refractivity contribution in [3.63, 3.8) is 0 Å². The number of nitrogens with one attached hydrogen (secondary N) is 2. The van der Waals surface area contributed by atoms with E-state index < -0.39 is 0 Å². The van der Waals surface area contributed by atoms with Crippen LogP contribution in [0.3, 0.4) is 0 Å². The molecule has 2 bridgehead atoms. The summed E-state index contributed by atoms with van der Waals surface area (Å²) < 4.78 is 0. The maximum Gasteiger partial charge on any atom is 0.251 e. The summed E-state index contributed by atoms with van der Waals surface area (Å²) in [6, 6.07) is 9.17. The van der Waals surface area contributed by atoms with Crippen molar-refractivity contribution in [2.45, 2.75) is 44.7 Å². The van der Waals surface area contributed by atoms with Gasteiger partial charge in [0, 0.05) is 24.2 Å². The second kappa shape index (κ2) is 5.33. The van der Waals surface area contributed by atoms with Crippen molar-refractivity contribution in [1.29, 1.82) is 0 Å². The van der Waals surface area contributed by atoms with Gasteiger partial charge >= 0.3 is 0 Å². The van der Waals surface area contributed by atoms with Crippen molar-refractivity contribution in [3.05, 3.63) is 35.4 Å². The van der Waals surface area contributed by atoms with Gasteiger partial charge in [0.15, 0.2) is 0 Å². The van der Waals surface area contributed by atoms with Crippen molar-refractivity contribution >= 4 is 5.91 Å². The topological polar surface area (TPSA) is 41.1 Å². The molecule has 2 unspecified atom stereocenters. The molecular formula is C16H22N2O. The minimum atomic E-state index is 0.0644. The lowest BCUT2D eigenvalue weighted by molar-refractivity contribution is 0.0941. The maximum absolute atomic E-state index is 12.1. The highest BCUT2D eigenvalue weighted by Crippen LogP contribution is 2.30. The van der Waals surface area contributed by atoms with Gasteiger partial charge in [-0.1, -0.05) is 17.7 Å². The molecule has 3 rings (SSSR count). The second-order valence-electron chi connectivity index (χ2n) is 6.05. The molecule has 0 aromatic heterocycles. The van der Waals surface area contributed by atoms with Crippen LogP contribution in [0.5, 0.6) is 0 Å². The van der Waals surface area contributed by atoms with E-state index >= 15 is 0 Å². The van der Waals surface area contributed by atoms with Crippen LogP contribution >= 0.6 is 0 Å². The van der Waals surface area contributed by atoms with Gasteiger partial charge < -0.3 is 10.6 Å². The van der Waals surface area contributed by atoms with Crippen LogP contribution in [0.15, 0.2) is 24.3 Å². The quantitative estimate of drug-likeness (QED) is 0.873. The highest BCUT2D eigenvalue weighted by molar-refractivity contribution is 5.94. The Bertz CT molecular complexity index is 460. The standard InChI is InChI=1S/C16H22N2O/c1-11-3-2-4-13(7-11)16(19)17-10-12-8-14-5-6-15(9-12)18-14/h2-4,7,12,14-15,18H,5-6,8-10H2,1H3,(H,17,19). The molecule has 0 radical (unpaired) electrons. The lowest BCUT2D eigenvalue weighted by Gasteiger charge is -2.29. The minimum absolute atomic E-state index is 0.0644. The van der Waals surface area contributed by atoms with E-state index in [1.54, 1.807) is 0 Å². The van der Waals surface area contributed by atoms with Gasteiger partial charge in [-0.15, -0.1) is 0 Å². The molecule has 2 heterocycles. The van der Waals surface area contributed by atoms with E-state index in [2.05, 4.69) is 10.6 Å². The zero-order valence-electron chi connectivity index (χ0n) is 11.5. The van der Waals surface area contributed by atoms with Gasteiger partial charge in [-0.3, -0.25) is 4.79 Å². The van der Waals surface area contributed by atoms with Gasteiger partial charge in [-0.25, -0.2) is 0 Å². The lowest BCUT2D eigenvalue weighted by atomic mass is 9.92. The Labute approximate surface area is 114 Å². The van der Waals surface area contributed by atoms with Gasteiger partial charge in [0.25, 0.3) is 5.91 Å². The fraction of sp³-hybridized carbons (Fsp3) is 0.562. The summed E-state index contributed by atoms with van der Waals surface area (Å²) in [6.07, 6.45) is 5.05. The number of rotatable bonds is 3. The average Bonchev–Trinajstić information content (AvgIpc) is 2.75. The fourth-order valence-corrected chi connectivity index (χ4v) is 3.47. The van der Waals surface area contributed by atoms with E-state index in [-0.39, 0.29) is 5.91 Å². The zero-order valence-corrected chi connectivity index (χ0v) is 11.5. The second-order valence-corrected chi connectivity index (χ2v) is 6.05. The first-order valence-corrected chi connectivity index (χ1v) is 7.31.